The number of benzene rings is 1. The molecule has 1 aliphatic heterocycles. The first kappa shape index (κ1) is 28.3. The summed E-state index contributed by atoms with van der Waals surface area (Å²) in [6.07, 6.45) is 3.78. The van der Waals surface area contributed by atoms with Gasteiger partial charge in [0.2, 0.25) is 15.7 Å². The number of aliphatic carboxylic acids is 1. The Morgan fingerprint density at radius 2 is 1.88 bits per heavy atom. The van der Waals surface area contributed by atoms with Crippen LogP contribution in [0.5, 0.6) is 0 Å². The molecule has 0 atom stereocenters. The van der Waals surface area contributed by atoms with Crippen molar-refractivity contribution in [3.63, 3.8) is 0 Å². The highest BCUT2D eigenvalue weighted by Gasteiger charge is 2.39. The van der Waals surface area contributed by atoms with E-state index in [9.17, 15) is 23.1 Å². The maximum Gasteiger partial charge on any atom is 0.309 e. The molecule has 0 unspecified atom stereocenters. The molecule has 40 heavy (non-hydrogen) atoms. The summed E-state index contributed by atoms with van der Waals surface area (Å²) in [5.74, 6) is -0.853. The molecule has 2 aliphatic rings. The minimum absolute atomic E-state index is 0.158. The fraction of sp³-hybridized carbons (Fsp3) is 0.483. The average Bonchev–Trinajstić information content (AvgIpc) is 3.71. The summed E-state index contributed by atoms with van der Waals surface area (Å²) >= 11 is 0. The zero-order chi connectivity index (χ0) is 28.5. The van der Waals surface area contributed by atoms with E-state index in [1.807, 2.05) is 37.3 Å². The number of rotatable bonds is 11. The molecule has 214 valence electrons. The fourth-order valence-electron chi connectivity index (χ4n) is 5.56. The zero-order valence-corrected chi connectivity index (χ0v) is 23.7. The lowest BCUT2D eigenvalue weighted by atomic mass is 9.75. The van der Waals surface area contributed by atoms with Crippen LogP contribution in [0.25, 0.3) is 22.4 Å². The van der Waals surface area contributed by atoms with Crippen LogP contribution in [-0.2, 0) is 20.6 Å². The van der Waals surface area contributed by atoms with Gasteiger partial charge in [-0.2, -0.15) is 0 Å². The highest BCUT2D eigenvalue weighted by molar-refractivity contribution is 7.88. The summed E-state index contributed by atoms with van der Waals surface area (Å²) in [4.78, 5) is 29.5. The Bertz CT molecular complexity index is 1520. The maximum absolute atomic E-state index is 13.1. The lowest BCUT2D eigenvalue weighted by Crippen LogP contribution is -2.42. The van der Waals surface area contributed by atoms with Crippen LogP contribution >= 0.6 is 0 Å². The first-order valence-corrected chi connectivity index (χ1v) is 15.4. The summed E-state index contributed by atoms with van der Waals surface area (Å²) in [5, 5.41) is 16.2. The van der Waals surface area contributed by atoms with Gasteiger partial charge >= 0.3 is 5.97 Å². The third-order valence-corrected chi connectivity index (χ3v) is 9.37. The minimum Gasteiger partial charge on any atom is -0.481 e. The molecule has 11 heteroatoms. The van der Waals surface area contributed by atoms with Crippen LogP contribution in [0.15, 0.2) is 34.7 Å². The number of pyridine rings is 1. The van der Waals surface area contributed by atoms with Crippen molar-refractivity contribution in [1.82, 2.24) is 20.3 Å². The van der Waals surface area contributed by atoms with Gasteiger partial charge in [0, 0.05) is 19.2 Å². The van der Waals surface area contributed by atoms with Crippen molar-refractivity contribution < 1.29 is 27.5 Å². The first-order valence-electron chi connectivity index (χ1n) is 13.8. The molecule has 1 saturated heterocycles. The van der Waals surface area contributed by atoms with Crippen LogP contribution < -0.4 is 15.4 Å². The molecule has 1 amide bonds. The first-order chi connectivity index (χ1) is 19.1. The standard InChI is InChI=1S/C29H36N4O6S/c1-18-4-6-20(7-5-18)25-24(26(34)30-2)22-16-21(19-8-9-19)23(33-27(22)39-25)17-40(37,38)32-13-3-10-29(28(35)36)11-14-31-15-12-29/h4-7,16,19,31-32H,3,8-15,17H2,1-2H3,(H,30,34)(H,35,36). The van der Waals surface area contributed by atoms with Crippen molar-refractivity contribution >= 4 is 33.0 Å². The maximum atomic E-state index is 13.1. The SMILES string of the molecule is CNC(=O)c1c(-c2ccc(C)cc2)oc2nc(CS(=O)(=O)NCCCC3(C(=O)O)CCNCC3)c(C3CC3)cc12. The third-order valence-electron chi connectivity index (χ3n) is 8.08. The van der Waals surface area contributed by atoms with E-state index in [0.29, 0.717) is 61.2 Å². The van der Waals surface area contributed by atoms with Gasteiger partial charge in [-0.05, 0) is 76.1 Å². The number of carboxylic acids is 1. The lowest BCUT2D eigenvalue weighted by Gasteiger charge is -2.33. The van der Waals surface area contributed by atoms with Crippen LogP contribution in [0, 0.1) is 12.3 Å². The van der Waals surface area contributed by atoms with Crippen LogP contribution in [-0.4, -0.2) is 57.1 Å². The van der Waals surface area contributed by atoms with Crippen molar-refractivity contribution in [1.29, 1.82) is 0 Å². The van der Waals surface area contributed by atoms with Crippen molar-refractivity contribution in [2.45, 2.75) is 57.1 Å². The number of hydrogen-bond donors (Lipinski definition) is 4. The Morgan fingerprint density at radius 1 is 1.18 bits per heavy atom. The van der Waals surface area contributed by atoms with E-state index in [-0.39, 0.29) is 29.8 Å². The van der Waals surface area contributed by atoms with E-state index >= 15 is 0 Å². The smallest absolute Gasteiger partial charge is 0.309 e. The Hall–Kier alpha value is -3.28. The summed E-state index contributed by atoms with van der Waals surface area (Å²) in [5.41, 5.74) is 2.84. The summed E-state index contributed by atoms with van der Waals surface area (Å²) in [6, 6.07) is 9.51. The van der Waals surface area contributed by atoms with E-state index in [1.54, 1.807) is 7.05 Å². The predicted molar refractivity (Wildman–Crippen MR) is 152 cm³/mol. The number of aromatic nitrogens is 1. The number of piperidine rings is 1. The molecular formula is C29H36N4O6S. The summed E-state index contributed by atoms with van der Waals surface area (Å²) in [7, 11) is -2.19. The fourth-order valence-corrected chi connectivity index (χ4v) is 6.71. The second-order valence-electron chi connectivity index (χ2n) is 11.0. The van der Waals surface area contributed by atoms with Gasteiger partial charge in [0.05, 0.1) is 22.1 Å². The van der Waals surface area contributed by atoms with Gasteiger partial charge in [-0.1, -0.05) is 29.8 Å². The van der Waals surface area contributed by atoms with Gasteiger partial charge < -0.3 is 20.2 Å². The highest BCUT2D eigenvalue weighted by atomic mass is 32.2. The minimum atomic E-state index is -3.75. The van der Waals surface area contributed by atoms with E-state index in [4.69, 9.17) is 4.42 Å². The second kappa shape index (κ2) is 11.3. The Kier molecular flexibility index (Phi) is 7.98. The number of aryl methyl sites for hydroxylation is 1. The van der Waals surface area contributed by atoms with Crippen LogP contribution in [0.2, 0.25) is 0 Å². The molecule has 0 radical (unpaired) electrons. The van der Waals surface area contributed by atoms with Crippen LogP contribution in [0.4, 0.5) is 0 Å². The second-order valence-corrected chi connectivity index (χ2v) is 12.8. The van der Waals surface area contributed by atoms with Gasteiger partial charge in [-0.25, -0.2) is 18.1 Å². The van der Waals surface area contributed by atoms with Gasteiger partial charge in [0.25, 0.3) is 5.91 Å². The molecule has 2 fully saturated rings. The molecule has 5 rings (SSSR count). The Labute approximate surface area is 234 Å². The molecule has 0 bridgehead atoms. The third kappa shape index (κ3) is 5.91. The number of carboxylic acid groups (broad SMARTS) is 1. The number of furan rings is 1. The van der Waals surface area contributed by atoms with Gasteiger partial charge in [-0.15, -0.1) is 0 Å². The number of carbonyl (C=O) groups is 2. The number of sulfonamides is 1. The Balaban J connectivity index is 1.39. The van der Waals surface area contributed by atoms with E-state index in [0.717, 1.165) is 29.5 Å². The Morgan fingerprint density at radius 3 is 2.50 bits per heavy atom. The molecule has 2 aromatic heterocycles. The molecule has 10 nitrogen and oxygen atoms in total. The molecule has 4 N–H and O–H groups in total. The monoisotopic (exact) mass is 568 g/mol. The lowest BCUT2D eigenvalue weighted by molar-refractivity contribution is -0.151. The number of amides is 1. The number of hydrogen-bond acceptors (Lipinski definition) is 7. The highest BCUT2D eigenvalue weighted by Crippen LogP contribution is 2.44. The van der Waals surface area contributed by atoms with Crippen LogP contribution in [0.3, 0.4) is 0 Å². The van der Waals surface area contributed by atoms with Crippen molar-refractivity contribution in [3.8, 4) is 11.3 Å². The number of fused-ring (bicyclic) bond motifs is 1. The average molecular weight is 569 g/mol. The van der Waals surface area contributed by atoms with Crippen molar-refractivity contribution in [3.05, 3.63) is 52.7 Å². The largest absolute Gasteiger partial charge is 0.481 e. The normalized spacial score (nSPS) is 17.1. The topological polar surface area (TPSA) is 151 Å². The van der Waals surface area contributed by atoms with Gasteiger partial charge in [0.1, 0.15) is 11.5 Å². The predicted octanol–water partition coefficient (Wildman–Crippen LogP) is 3.69. The molecule has 1 saturated carbocycles. The number of nitrogens with one attached hydrogen (secondary N) is 3. The molecule has 1 aliphatic carbocycles. The van der Waals surface area contributed by atoms with Gasteiger partial charge in [0.15, 0.2) is 0 Å². The number of nitrogens with zero attached hydrogens (tertiary/aromatic N) is 1. The van der Waals surface area contributed by atoms with Gasteiger partial charge in [-0.3, -0.25) is 9.59 Å². The molecule has 1 aromatic carbocycles. The van der Waals surface area contributed by atoms with Crippen molar-refractivity contribution in [2.24, 2.45) is 5.41 Å². The van der Waals surface area contributed by atoms with E-state index in [2.05, 4.69) is 20.3 Å². The molecule has 3 heterocycles. The van der Waals surface area contributed by atoms with Crippen LogP contribution in [0.1, 0.15) is 71.6 Å². The van der Waals surface area contributed by atoms with E-state index in [1.165, 1.54) is 0 Å². The molecule has 0 spiro atoms. The zero-order valence-electron chi connectivity index (χ0n) is 22.9. The van der Waals surface area contributed by atoms with E-state index < -0.39 is 21.4 Å². The summed E-state index contributed by atoms with van der Waals surface area (Å²) in [6.45, 7) is 3.43. The molecule has 3 aromatic rings. The quantitative estimate of drug-likeness (QED) is 0.256. The number of carbonyl (C=O) groups excluding carboxylic acids is 1. The van der Waals surface area contributed by atoms with Crippen molar-refractivity contribution in [2.75, 3.05) is 26.7 Å². The summed E-state index contributed by atoms with van der Waals surface area (Å²) < 4.78 is 35.0. The molecular weight excluding hydrogens is 532 g/mol.